The second-order valence-electron chi connectivity index (χ2n) is 8.22. The number of carbonyl (C=O) groups is 2. The minimum absolute atomic E-state index is 0.0388. The standard InChI is InChI=1S/C20H24F4N2O4/c1-11(30-17-4-3-15(5-16(17)21)20(22,23)24)14-8-26(9-14)18(28)13-6-19(25,7-13)10-29-12(2)27/h3-5,11,13-14H,6-10,25H2,1-2H3/t11?,13-,19+. The zero-order valence-corrected chi connectivity index (χ0v) is 16.7. The van der Waals surface area contributed by atoms with Crippen molar-refractivity contribution in [1.29, 1.82) is 0 Å². The molecule has 0 bridgehead atoms. The minimum Gasteiger partial charge on any atom is -0.487 e. The van der Waals surface area contributed by atoms with Crippen LogP contribution in [0.15, 0.2) is 18.2 Å². The fourth-order valence-corrected chi connectivity index (χ4v) is 3.78. The molecule has 10 heteroatoms. The van der Waals surface area contributed by atoms with E-state index in [1.165, 1.54) is 6.92 Å². The summed E-state index contributed by atoms with van der Waals surface area (Å²) in [5.41, 5.74) is 4.33. The third kappa shape index (κ3) is 4.85. The molecule has 1 saturated carbocycles. The predicted octanol–water partition coefficient (Wildman–Crippen LogP) is 2.74. The average molecular weight is 432 g/mol. The molecule has 1 amide bonds. The molecule has 1 atom stereocenters. The summed E-state index contributed by atoms with van der Waals surface area (Å²) in [5.74, 6) is -2.07. The number of hydrogen-bond acceptors (Lipinski definition) is 5. The van der Waals surface area contributed by atoms with Crippen LogP contribution >= 0.6 is 0 Å². The molecule has 1 aromatic carbocycles. The highest BCUT2D eigenvalue weighted by Gasteiger charge is 2.49. The second kappa shape index (κ2) is 8.05. The third-order valence-corrected chi connectivity index (χ3v) is 5.68. The summed E-state index contributed by atoms with van der Waals surface area (Å²) in [6.07, 6.45) is -4.23. The van der Waals surface area contributed by atoms with E-state index in [9.17, 15) is 27.2 Å². The number of carbonyl (C=O) groups excluding carboxylic acids is 2. The number of rotatable bonds is 6. The highest BCUT2D eigenvalue weighted by Crippen LogP contribution is 2.39. The van der Waals surface area contributed by atoms with Crippen molar-refractivity contribution in [1.82, 2.24) is 4.90 Å². The third-order valence-electron chi connectivity index (χ3n) is 5.68. The van der Waals surface area contributed by atoms with E-state index in [4.69, 9.17) is 15.2 Å². The van der Waals surface area contributed by atoms with Crippen LogP contribution in [-0.2, 0) is 20.5 Å². The Labute approximate surface area is 171 Å². The summed E-state index contributed by atoms with van der Waals surface area (Å²) >= 11 is 0. The Bertz CT molecular complexity index is 818. The molecule has 166 valence electrons. The lowest BCUT2D eigenvalue weighted by Crippen LogP contribution is -2.63. The molecule has 1 aliphatic heterocycles. The zero-order valence-electron chi connectivity index (χ0n) is 16.7. The molecule has 2 fully saturated rings. The first-order chi connectivity index (χ1) is 13.9. The first-order valence-electron chi connectivity index (χ1n) is 9.62. The Hall–Kier alpha value is -2.36. The molecule has 2 N–H and O–H groups in total. The molecule has 0 spiro atoms. The number of benzene rings is 1. The van der Waals surface area contributed by atoms with Crippen LogP contribution in [0.2, 0.25) is 0 Å². The Morgan fingerprint density at radius 1 is 1.30 bits per heavy atom. The van der Waals surface area contributed by atoms with Gasteiger partial charge in [0.1, 0.15) is 12.7 Å². The number of esters is 1. The summed E-state index contributed by atoms with van der Waals surface area (Å²) in [5, 5.41) is 0. The number of nitrogens with two attached hydrogens (primary N) is 1. The maximum absolute atomic E-state index is 13.9. The van der Waals surface area contributed by atoms with E-state index >= 15 is 0 Å². The highest BCUT2D eigenvalue weighted by molar-refractivity contribution is 5.81. The van der Waals surface area contributed by atoms with Gasteiger partial charge in [0, 0.05) is 31.8 Å². The van der Waals surface area contributed by atoms with Gasteiger partial charge >= 0.3 is 12.1 Å². The maximum Gasteiger partial charge on any atom is 0.416 e. The van der Waals surface area contributed by atoms with Crippen molar-refractivity contribution in [3.63, 3.8) is 0 Å². The average Bonchev–Trinajstić information content (AvgIpc) is 2.56. The molecule has 0 aromatic heterocycles. The van der Waals surface area contributed by atoms with E-state index in [0.717, 1.165) is 12.1 Å². The van der Waals surface area contributed by atoms with Gasteiger partial charge < -0.3 is 20.1 Å². The van der Waals surface area contributed by atoms with Crippen molar-refractivity contribution in [2.24, 2.45) is 17.6 Å². The number of amides is 1. The number of likely N-dealkylation sites (tertiary alicyclic amines) is 1. The van der Waals surface area contributed by atoms with Gasteiger partial charge in [0.25, 0.3) is 0 Å². The van der Waals surface area contributed by atoms with Crippen molar-refractivity contribution < 1.29 is 36.6 Å². The van der Waals surface area contributed by atoms with Crippen LogP contribution in [0.25, 0.3) is 0 Å². The maximum atomic E-state index is 13.9. The zero-order chi connectivity index (χ0) is 22.3. The Morgan fingerprint density at radius 2 is 1.93 bits per heavy atom. The van der Waals surface area contributed by atoms with Crippen LogP contribution in [0.3, 0.4) is 0 Å². The Balaban J connectivity index is 1.45. The molecule has 1 unspecified atom stereocenters. The largest absolute Gasteiger partial charge is 0.487 e. The summed E-state index contributed by atoms with van der Waals surface area (Å²) in [6.45, 7) is 3.90. The summed E-state index contributed by atoms with van der Waals surface area (Å²) in [7, 11) is 0. The molecule has 1 aliphatic carbocycles. The molecule has 1 heterocycles. The number of alkyl halides is 3. The van der Waals surface area contributed by atoms with Crippen LogP contribution in [0.4, 0.5) is 17.6 Å². The van der Waals surface area contributed by atoms with Gasteiger partial charge in [-0.2, -0.15) is 13.2 Å². The van der Waals surface area contributed by atoms with Crippen molar-refractivity contribution in [3.8, 4) is 5.75 Å². The van der Waals surface area contributed by atoms with E-state index in [1.807, 2.05) is 0 Å². The van der Waals surface area contributed by atoms with Gasteiger partial charge in [-0.05, 0) is 38.0 Å². The van der Waals surface area contributed by atoms with E-state index in [-0.39, 0.29) is 30.1 Å². The first-order valence-corrected chi connectivity index (χ1v) is 9.62. The minimum atomic E-state index is -4.62. The SMILES string of the molecule is CC(=O)OC[C@]1(N)C[C@@H](C(=O)N2CC(C(C)Oc3ccc(C(F)(F)F)cc3F)C2)C1. The summed E-state index contributed by atoms with van der Waals surface area (Å²) in [6, 6.07) is 2.14. The van der Waals surface area contributed by atoms with Gasteiger partial charge in [-0.15, -0.1) is 0 Å². The lowest BCUT2D eigenvalue weighted by atomic mass is 9.68. The quantitative estimate of drug-likeness (QED) is 0.552. The smallest absolute Gasteiger partial charge is 0.416 e. The van der Waals surface area contributed by atoms with Gasteiger partial charge in [-0.25, -0.2) is 4.39 Å². The van der Waals surface area contributed by atoms with Gasteiger partial charge in [0.2, 0.25) is 5.91 Å². The molecule has 2 aliphatic rings. The molecular weight excluding hydrogens is 408 g/mol. The molecule has 0 radical (unpaired) electrons. The molecule has 3 rings (SSSR count). The van der Waals surface area contributed by atoms with Crippen molar-refractivity contribution >= 4 is 11.9 Å². The summed E-state index contributed by atoms with van der Waals surface area (Å²) < 4.78 is 62.2. The fraction of sp³-hybridized carbons (Fsp3) is 0.600. The Morgan fingerprint density at radius 3 is 2.47 bits per heavy atom. The van der Waals surface area contributed by atoms with Gasteiger partial charge in [0.05, 0.1) is 11.1 Å². The molecule has 1 saturated heterocycles. The topological polar surface area (TPSA) is 81.9 Å². The molecule has 6 nitrogen and oxygen atoms in total. The van der Waals surface area contributed by atoms with Crippen molar-refractivity contribution in [2.75, 3.05) is 19.7 Å². The molecule has 1 aromatic rings. The number of hydrogen-bond donors (Lipinski definition) is 1. The van der Waals surface area contributed by atoms with E-state index in [2.05, 4.69) is 0 Å². The van der Waals surface area contributed by atoms with Crippen molar-refractivity contribution in [2.45, 2.75) is 44.5 Å². The lowest BCUT2D eigenvalue weighted by Gasteiger charge is -2.49. The number of halogens is 4. The van der Waals surface area contributed by atoms with Crippen LogP contribution in [0.5, 0.6) is 5.75 Å². The number of nitrogens with zero attached hydrogens (tertiary/aromatic N) is 1. The van der Waals surface area contributed by atoms with Gasteiger partial charge in [-0.3, -0.25) is 9.59 Å². The van der Waals surface area contributed by atoms with Crippen LogP contribution in [-0.4, -0.2) is 48.1 Å². The van der Waals surface area contributed by atoms with Crippen LogP contribution in [0, 0.1) is 17.7 Å². The first kappa shape index (κ1) is 22.3. The van der Waals surface area contributed by atoms with Gasteiger partial charge in [0.15, 0.2) is 11.6 Å². The lowest BCUT2D eigenvalue weighted by molar-refractivity contribution is -0.153. The highest BCUT2D eigenvalue weighted by atomic mass is 19.4. The van der Waals surface area contributed by atoms with Crippen LogP contribution < -0.4 is 10.5 Å². The van der Waals surface area contributed by atoms with E-state index < -0.39 is 35.2 Å². The van der Waals surface area contributed by atoms with Crippen molar-refractivity contribution in [3.05, 3.63) is 29.6 Å². The summed E-state index contributed by atoms with van der Waals surface area (Å²) in [4.78, 5) is 25.0. The normalized spacial score (nSPS) is 25.2. The Kier molecular flexibility index (Phi) is 5.99. The predicted molar refractivity (Wildman–Crippen MR) is 97.8 cm³/mol. The fourth-order valence-electron chi connectivity index (χ4n) is 3.78. The monoisotopic (exact) mass is 432 g/mol. The van der Waals surface area contributed by atoms with E-state index in [0.29, 0.717) is 32.0 Å². The molecular formula is C20H24F4N2O4. The van der Waals surface area contributed by atoms with Gasteiger partial charge in [-0.1, -0.05) is 0 Å². The molecule has 30 heavy (non-hydrogen) atoms. The second-order valence-corrected chi connectivity index (χ2v) is 8.22. The van der Waals surface area contributed by atoms with E-state index in [1.54, 1.807) is 11.8 Å². The van der Waals surface area contributed by atoms with Crippen LogP contribution in [0.1, 0.15) is 32.3 Å². The number of ether oxygens (including phenoxy) is 2.